The van der Waals surface area contributed by atoms with Crippen LogP contribution in [0, 0.1) is 0 Å². The minimum atomic E-state index is -4.81. The van der Waals surface area contributed by atoms with Crippen molar-refractivity contribution in [1.29, 1.82) is 0 Å². The molecule has 0 aliphatic carbocycles. The van der Waals surface area contributed by atoms with Gasteiger partial charge in [0.1, 0.15) is 15.8 Å². The maximum Gasteiger partial charge on any atom is 0.573 e. The molecule has 1 N–H and O–H groups in total. The Hall–Kier alpha value is -3.05. The van der Waals surface area contributed by atoms with Crippen LogP contribution >= 0.6 is 24.0 Å². The second-order valence-electron chi connectivity index (χ2n) is 6.54. The maximum absolute atomic E-state index is 12.5. The highest BCUT2D eigenvalue weighted by molar-refractivity contribution is 8.26. The Labute approximate surface area is 184 Å². The van der Waals surface area contributed by atoms with Crippen LogP contribution in [0.25, 0.3) is 6.08 Å². The van der Waals surface area contributed by atoms with E-state index in [2.05, 4.69) is 10.1 Å². The summed E-state index contributed by atoms with van der Waals surface area (Å²) in [5.41, 5.74) is 1.53. The van der Waals surface area contributed by atoms with E-state index < -0.39 is 6.36 Å². The minimum absolute atomic E-state index is 0.0175. The summed E-state index contributed by atoms with van der Waals surface area (Å²) in [7, 11) is 0. The average Bonchev–Trinajstić information content (AvgIpc) is 3.00. The quantitative estimate of drug-likeness (QED) is 0.543. The second kappa shape index (κ2) is 8.23. The second-order valence-corrected chi connectivity index (χ2v) is 8.26. The number of hydrogen-bond donors (Lipinski definition) is 1. The third-order valence-corrected chi connectivity index (χ3v) is 5.50. The molecule has 2 aliphatic rings. The van der Waals surface area contributed by atoms with Gasteiger partial charge in [0.15, 0.2) is 6.61 Å². The van der Waals surface area contributed by atoms with Gasteiger partial charge in [-0.05, 0) is 41.5 Å². The van der Waals surface area contributed by atoms with Crippen molar-refractivity contribution < 1.29 is 32.2 Å². The first-order chi connectivity index (χ1) is 14.7. The highest BCUT2D eigenvalue weighted by Crippen LogP contribution is 2.36. The third kappa shape index (κ3) is 5.00. The Morgan fingerprint density at radius 1 is 1.23 bits per heavy atom. The van der Waals surface area contributed by atoms with Crippen molar-refractivity contribution in [3.05, 3.63) is 58.5 Å². The molecular formula is C20H13F3N2O4S2. The normalized spacial score (nSPS) is 17.5. The van der Waals surface area contributed by atoms with E-state index in [0.717, 1.165) is 11.8 Å². The third-order valence-electron chi connectivity index (χ3n) is 4.34. The largest absolute Gasteiger partial charge is 0.573 e. The summed E-state index contributed by atoms with van der Waals surface area (Å²) in [5, 5.41) is 2.53. The first-order valence-corrected chi connectivity index (χ1v) is 10.1. The number of thiocarbonyl (C=S) groups is 1. The van der Waals surface area contributed by atoms with E-state index in [4.69, 9.17) is 17.0 Å². The summed E-state index contributed by atoms with van der Waals surface area (Å²) in [5.74, 6) is -0.583. The fraction of sp³-hybridized carbons (Fsp3) is 0.150. The molecule has 0 bridgehead atoms. The molecule has 4 rings (SSSR count). The smallest absolute Gasteiger partial charge is 0.482 e. The average molecular weight is 466 g/mol. The zero-order valence-corrected chi connectivity index (χ0v) is 17.2. The standard InChI is InChI=1S/C20H13F3N2O4S2/c21-20(22,23)29-13-3-1-2-12(6-13)9-25-14-7-11(4-5-15(14)28-10-17(25)26)8-16-18(27)24-19(30)31-16/h1-8H,9-10H2,(H,24,27,30). The van der Waals surface area contributed by atoms with Crippen LogP contribution < -0.4 is 19.7 Å². The van der Waals surface area contributed by atoms with Crippen molar-refractivity contribution in [2.45, 2.75) is 12.9 Å². The molecule has 0 spiro atoms. The van der Waals surface area contributed by atoms with Crippen LogP contribution in [0.3, 0.4) is 0 Å². The molecule has 6 nitrogen and oxygen atoms in total. The maximum atomic E-state index is 12.5. The van der Waals surface area contributed by atoms with Gasteiger partial charge in [0.05, 0.1) is 17.1 Å². The summed E-state index contributed by atoms with van der Waals surface area (Å²) in [6.45, 7) is -0.178. The molecule has 31 heavy (non-hydrogen) atoms. The molecule has 0 aromatic heterocycles. The number of benzene rings is 2. The lowest BCUT2D eigenvalue weighted by Crippen LogP contribution is -2.38. The first-order valence-electron chi connectivity index (χ1n) is 8.85. The number of halogens is 3. The number of alkyl halides is 3. The predicted octanol–water partition coefficient (Wildman–Crippen LogP) is 4.00. The number of anilines is 1. The lowest BCUT2D eigenvalue weighted by molar-refractivity contribution is -0.274. The van der Waals surface area contributed by atoms with Crippen molar-refractivity contribution in [2.75, 3.05) is 11.5 Å². The molecule has 0 saturated carbocycles. The van der Waals surface area contributed by atoms with Gasteiger partial charge in [-0.3, -0.25) is 9.59 Å². The predicted molar refractivity (Wildman–Crippen MR) is 113 cm³/mol. The molecule has 0 unspecified atom stereocenters. The monoisotopic (exact) mass is 466 g/mol. The lowest BCUT2D eigenvalue weighted by Gasteiger charge is -2.30. The van der Waals surface area contributed by atoms with Gasteiger partial charge in [0.2, 0.25) is 0 Å². The summed E-state index contributed by atoms with van der Waals surface area (Å²) in [6.07, 6.45) is -3.18. The fourth-order valence-electron chi connectivity index (χ4n) is 3.08. The van der Waals surface area contributed by atoms with E-state index >= 15 is 0 Å². The Kier molecular flexibility index (Phi) is 5.63. The number of nitrogens with one attached hydrogen (secondary N) is 1. The number of hydrogen-bond acceptors (Lipinski definition) is 6. The number of amides is 2. The van der Waals surface area contributed by atoms with Crippen molar-refractivity contribution >= 4 is 51.9 Å². The van der Waals surface area contributed by atoms with Gasteiger partial charge in [0, 0.05) is 0 Å². The molecule has 160 valence electrons. The molecule has 2 amide bonds. The summed E-state index contributed by atoms with van der Waals surface area (Å²) < 4.78 is 47.3. The van der Waals surface area contributed by atoms with Crippen molar-refractivity contribution in [3.63, 3.8) is 0 Å². The summed E-state index contributed by atoms with van der Waals surface area (Å²) >= 11 is 6.10. The Morgan fingerprint density at radius 2 is 2.03 bits per heavy atom. The highest BCUT2D eigenvalue weighted by atomic mass is 32.2. The summed E-state index contributed by atoms with van der Waals surface area (Å²) in [4.78, 5) is 26.2. The number of fused-ring (bicyclic) bond motifs is 1. The molecule has 1 saturated heterocycles. The molecule has 2 aromatic carbocycles. The fourth-order valence-corrected chi connectivity index (χ4v) is 4.12. The lowest BCUT2D eigenvalue weighted by atomic mass is 10.1. The number of rotatable bonds is 4. The number of thioether (sulfide) groups is 1. The van der Waals surface area contributed by atoms with E-state index in [1.165, 1.54) is 23.1 Å². The van der Waals surface area contributed by atoms with Crippen LogP contribution in [0.4, 0.5) is 18.9 Å². The van der Waals surface area contributed by atoms with Gasteiger partial charge in [-0.2, -0.15) is 0 Å². The van der Waals surface area contributed by atoms with E-state index in [9.17, 15) is 22.8 Å². The van der Waals surface area contributed by atoms with Crippen LogP contribution in [0.1, 0.15) is 11.1 Å². The molecule has 1 fully saturated rings. The molecule has 11 heteroatoms. The SMILES string of the molecule is O=C1NC(=S)SC1=Cc1ccc2c(c1)N(Cc1cccc(OC(F)(F)F)c1)C(=O)CO2. The van der Waals surface area contributed by atoms with Crippen LogP contribution in [0.5, 0.6) is 11.5 Å². The molecule has 2 aromatic rings. The van der Waals surface area contributed by atoms with Crippen molar-refractivity contribution in [2.24, 2.45) is 0 Å². The van der Waals surface area contributed by atoms with E-state index in [1.807, 2.05) is 0 Å². The van der Waals surface area contributed by atoms with Crippen molar-refractivity contribution in [1.82, 2.24) is 5.32 Å². The van der Waals surface area contributed by atoms with Crippen LogP contribution in [0.2, 0.25) is 0 Å². The number of ether oxygens (including phenoxy) is 2. The molecule has 0 atom stereocenters. The number of nitrogens with zero attached hydrogens (tertiary/aromatic N) is 1. The van der Waals surface area contributed by atoms with E-state index in [0.29, 0.717) is 31.8 Å². The Balaban J connectivity index is 1.63. The van der Waals surface area contributed by atoms with E-state index in [1.54, 1.807) is 30.3 Å². The molecule has 2 aliphatic heterocycles. The highest BCUT2D eigenvalue weighted by Gasteiger charge is 2.31. The molecule has 0 radical (unpaired) electrons. The van der Waals surface area contributed by atoms with Gasteiger partial charge in [0.25, 0.3) is 11.8 Å². The minimum Gasteiger partial charge on any atom is -0.482 e. The van der Waals surface area contributed by atoms with Gasteiger partial charge in [-0.15, -0.1) is 13.2 Å². The Bertz CT molecular complexity index is 1120. The van der Waals surface area contributed by atoms with Crippen LogP contribution in [-0.2, 0) is 16.1 Å². The van der Waals surface area contributed by atoms with Crippen LogP contribution in [0.15, 0.2) is 47.4 Å². The topological polar surface area (TPSA) is 67.9 Å². The molecular weight excluding hydrogens is 453 g/mol. The van der Waals surface area contributed by atoms with Gasteiger partial charge in [-0.1, -0.05) is 42.2 Å². The van der Waals surface area contributed by atoms with E-state index in [-0.39, 0.29) is 30.7 Å². The Morgan fingerprint density at radius 3 is 2.74 bits per heavy atom. The zero-order valence-electron chi connectivity index (χ0n) is 15.6. The number of carbonyl (C=O) groups excluding carboxylic acids is 2. The van der Waals surface area contributed by atoms with Gasteiger partial charge >= 0.3 is 6.36 Å². The van der Waals surface area contributed by atoms with Gasteiger partial charge in [-0.25, -0.2) is 0 Å². The van der Waals surface area contributed by atoms with Crippen molar-refractivity contribution in [3.8, 4) is 11.5 Å². The first kappa shape index (κ1) is 21.2. The van der Waals surface area contributed by atoms with Crippen LogP contribution in [-0.4, -0.2) is 29.1 Å². The molecule has 2 heterocycles. The van der Waals surface area contributed by atoms with Gasteiger partial charge < -0.3 is 19.7 Å². The zero-order chi connectivity index (χ0) is 22.2. The summed E-state index contributed by atoms with van der Waals surface area (Å²) in [6, 6.07) is 10.5. The number of carbonyl (C=O) groups is 2.